The summed E-state index contributed by atoms with van der Waals surface area (Å²) in [5.41, 5.74) is -1.58. The van der Waals surface area contributed by atoms with Gasteiger partial charge in [-0.2, -0.15) is 0 Å². The van der Waals surface area contributed by atoms with Crippen molar-refractivity contribution in [3.05, 3.63) is 68.6 Å². The second-order valence-electron chi connectivity index (χ2n) is 9.63. The Morgan fingerprint density at radius 3 is 2.44 bits per heavy atom. The molecule has 4 unspecified atom stereocenters. The van der Waals surface area contributed by atoms with Crippen LogP contribution >= 0.6 is 46.4 Å². The van der Waals surface area contributed by atoms with Crippen molar-refractivity contribution < 1.29 is 27.9 Å². The third-order valence-electron chi connectivity index (χ3n) is 7.55. The van der Waals surface area contributed by atoms with Crippen molar-refractivity contribution in [1.29, 1.82) is 0 Å². The first-order valence-corrected chi connectivity index (χ1v) is 13.3. The lowest BCUT2D eigenvalue weighted by atomic mass is 9.73. The lowest BCUT2D eigenvalue weighted by Gasteiger charge is -2.36. The second-order valence-corrected chi connectivity index (χ2v) is 11.3. The van der Waals surface area contributed by atoms with Gasteiger partial charge in [-0.1, -0.05) is 59.1 Å². The van der Waals surface area contributed by atoms with Crippen LogP contribution in [0.5, 0.6) is 0 Å². The molecule has 206 valence electrons. The number of hydrogen-bond donors (Lipinski definition) is 1. The van der Waals surface area contributed by atoms with Crippen LogP contribution in [-0.2, 0) is 24.7 Å². The molecule has 7 nitrogen and oxygen atoms in total. The fraction of sp³-hybridized carbons (Fsp3) is 0.346. The lowest BCUT2D eigenvalue weighted by Crippen LogP contribution is -2.53. The summed E-state index contributed by atoms with van der Waals surface area (Å²) in [4.78, 5) is 44.1. The maximum atomic E-state index is 15.7. The smallest absolute Gasteiger partial charge is 0.312 e. The minimum atomic E-state index is -3.43. The summed E-state index contributed by atoms with van der Waals surface area (Å²) in [6.07, 6.45) is 0.657. The van der Waals surface area contributed by atoms with Gasteiger partial charge in [-0.3, -0.25) is 19.3 Å². The molecule has 13 heteroatoms. The summed E-state index contributed by atoms with van der Waals surface area (Å²) < 4.78 is 36.7. The van der Waals surface area contributed by atoms with E-state index in [4.69, 9.17) is 51.1 Å². The minimum Gasteiger partial charge on any atom is -0.461 e. The van der Waals surface area contributed by atoms with Crippen LogP contribution in [0.25, 0.3) is 0 Å². The van der Waals surface area contributed by atoms with Gasteiger partial charge in [-0.05, 0) is 30.3 Å². The monoisotopic (exact) mass is 617 g/mol. The molecule has 2 aromatic rings. The van der Waals surface area contributed by atoms with Gasteiger partial charge in [0.2, 0.25) is 5.91 Å². The largest absolute Gasteiger partial charge is 0.461 e. The number of fused-ring (bicyclic) bond motifs is 4. The first-order chi connectivity index (χ1) is 18.3. The van der Waals surface area contributed by atoms with Crippen molar-refractivity contribution in [3.8, 4) is 0 Å². The van der Waals surface area contributed by atoms with Crippen LogP contribution in [-0.4, -0.2) is 54.8 Å². The van der Waals surface area contributed by atoms with E-state index in [-0.39, 0.29) is 50.2 Å². The van der Waals surface area contributed by atoms with Gasteiger partial charge >= 0.3 is 5.97 Å². The van der Waals surface area contributed by atoms with Crippen LogP contribution in [0, 0.1) is 11.8 Å². The summed E-state index contributed by atoms with van der Waals surface area (Å²) >= 11 is 24.9. The Morgan fingerprint density at radius 1 is 1.15 bits per heavy atom. The number of benzene rings is 2. The fourth-order valence-corrected chi connectivity index (χ4v) is 7.15. The molecule has 0 radical (unpaired) electrons. The highest BCUT2D eigenvalue weighted by Crippen LogP contribution is 2.62. The molecule has 3 aliphatic heterocycles. The first kappa shape index (κ1) is 28.1. The van der Waals surface area contributed by atoms with E-state index in [1.807, 2.05) is 0 Å². The third kappa shape index (κ3) is 4.21. The second kappa shape index (κ2) is 9.89. The summed E-state index contributed by atoms with van der Waals surface area (Å²) in [6.45, 7) is 2.97. The highest BCUT2D eigenvalue weighted by Gasteiger charge is 2.77. The summed E-state index contributed by atoms with van der Waals surface area (Å²) in [5.74, 6) is -9.48. The molecule has 2 amide bonds. The van der Waals surface area contributed by atoms with Crippen molar-refractivity contribution >= 4 is 75.6 Å². The molecule has 5 rings (SSSR count). The normalized spacial score (nSPS) is 26.7. The molecule has 3 aliphatic rings. The van der Waals surface area contributed by atoms with Crippen LogP contribution in [0.3, 0.4) is 0 Å². The van der Waals surface area contributed by atoms with Crippen LogP contribution < -0.4 is 10.2 Å². The Labute approximate surface area is 242 Å². The molecule has 0 bridgehead atoms. The van der Waals surface area contributed by atoms with E-state index in [1.165, 1.54) is 48.4 Å². The van der Waals surface area contributed by atoms with Gasteiger partial charge < -0.3 is 15.0 Å². The zero-order chi connectivity index (χ0) is 28.4. The van der Waals surface area contributed by atoms with E-state index in [9.17, 15) is 14.4 Å². The summed E-state index contributed by atoms with van der Waals surface area (Å²) in [7, 11) is 1.36. The quantitative estimate of drug-likeness (QED) is 0.339. The molecule has 2 fully saturated rings. The SMILES string of the molecule is C=CCOC(=O)C1C(C(=O)N(C)c2cc(Cl)cc(Cl)c2)C2N(CCC2(F)F)C12C(=O)Nc1c(Cl)cc(Cl)cc12. The third-order valence-corrected chi connectivity index (χ3v) is 8.51. The standard InChI is InChI=1S/C26H21Cl4F2N3O4/c1-3-6-39-23(37)19-18(22(36)34(2)15-8-12(27)7-13(28)9-15)21-25(31,32)4-5-35(21)26(19)16-10-14(29)11-17(30)20(16)33-24(26)38/h3,7-11,18-19,21H,1,4-6H2,2H3,(H,33,38). The van der Waals surface area contributed by atoms with Gasteiger partial charge in [0.1, 0.15) is 18.1 Å². The molecule has 1 N–H and O–H groups in total. The number of amides is 2. The Balaban J connectivity index is 1.75. The number of ether oxygens (including phenoxy) is 1. The Bertz CT molecular complexity index is 1400. The number of nitrogens with one attached hydrogen (secondary N) is 1. The minimum absolute atomic E-state index is 0.0592. The van der Waals surface area contributed by atoms with E-state index in [0.717, 1.165) is 4.90 Å². The van der Waals surface area contributed by atoms with Crippen molar-refractivity contribution in [2.24, 2.45) is 11.8 Å². The van der Waals surface area contributed by atoms with Crippen LogP contribution in [0.4, 0.5) is 20.2 Å². The highest BCUT2D eigenvalue weighted by atomic mass is 35.5. The van der Waals surface area contributed by atoms with Gasteiger partial charge in [-0.15, -0.1) is 0 Å². The number of halogens is 6. The molecule has 0 aliphatic carbocycles. The summed E-state index contributed by atoms with van der Waals surface area (Å²) in [5, 5.41) is 3.24. The molecule has 4 atom stereocenters. The molecule has 2 saturated heterocycles. The van der Waals surface area contributed by atoms with Gasteiger partial charge in [-0.25, -0.2) is 8.78 Å². The molecule has 0 saturated carbocycles. The average molecular weight is 619 g/mol. The molecule has 1 spiro atoms. The Kier molecular flexibility index (Phi) is 7.13. The van der Waals surface area contributed by atoms with E-state index >= 15 is 8.78 Å². The van der Waals surface area contributed by atoms with Crippen LogP contribution in [0.1, 0.15) is 12.0 Å². The maximum absolute atomic E-state index is 15.7. The highest BCUT2D eigenvalue weighted by molar-refractivity contribution is 6.38. The number of carbonyl (C=O) groups is 3. The van der Waals surface area contributed by atoms with E-state index in [0.29, 0.717) is 0 Å². The maximum Gasteiger partial charge on any atom is 0.312 e. The van der Waals surface area contributed by atoms with Crippen molar-refractivity contribution in [1.82, 2.24) is 4.90 Å². The van der Waals surface area contributed by atoms with Crippen LogP contribution in [0.15, 0.2) is 43.0 Å². The number of rotatable bonds is 5. The number of esters is 1. The van der Waals surface area contributed by atoms with Crippen molar-refractivity contribution in [2.75, 3.05) is 30.4 Å². The molecular formula is C26H21Cl4F2N3O4. The number of alkyl halides is 2. The Hall–Kier alpha value is -2.43. The molecule has 2 aromatic carbocycles. The topological polar surface area (TPSA) is 79.0 Å². The zero-order valence-corrected chi connectivity index (χ0v) is 23.3. The van der Waals surface area contributed by atoms with Crippen molar-refractivity contribution in [3.63, 3.8) is 0 Å². The number of anilines is 2. The van der Waals surface area contributed by atoms with Gasteiger partial charge in [0, 0.05) is 46.3 Å². The number of nitrogens with zero attached hydrogens (tertiary/aromatic N) is 2. The van der Waals surface area contributed by atoms with E-state index in [2.05, 4.69) is 11.9 Å². The zero-order valence-electron chi connectivity index (χ0n) is 20.3. The van der Waals surface area contributed by atoms with Gasteiger partial charge in [0.25, 0.3) is 11.8 Å². The predicted molar refractivity (Wildman–Crippen MR) is 145 cm³/mol. The predicted octanol–water partition coefficient (Wildman–Crippen LogP) is 5.80. The van der Waals surface area contributed by atoms with Crippen molar-refractivity contribution in [2.45, 2.75) is 23.9 Å². The van der Waals surface area contributed by atoms with E-state index < -0.39 is 53.5 Å². The number of hydrogen-bond acceptors (Lipinski definition) is 5. The summed E-state index contributed by atoms with van der Waals surface area (Å²) in [6, 6.07) is 5.28. The van der Waals surface area contributed by atoms with Gasteiger partial charge in [0.05, 0.1) is 22.7 Å². The first-order valence-electron chi connectivity index (χ1n) is 11.8. The molecule has 39 heavy (non-hydrogen) atoms. The fourth-order valence-electron chi connectivity index (χ4n) is 6.09. The molecule has 0 aromatic heterocycles. The Morgan fingerprint density at radius 2 is 1.79 bits per heavy atom. The lowest BCUT2D eigenvalue weighted by molar-refractivity contribution is -0.157. The molecule has 3 heterocycles. The van der Waals surface area contributed by atoms with Gasteiger partial charge in [0.15, 0.2) is 0 Å². The van der Waals surface area contributed by atoms with Crippen LogP contribution in [0.2, 0.25) is 20.1 Å². The average Bonchev–Trinajstić information content (AvgIpc) is 3.45. The van der Waals surface area contributed by atoms with E-state index in [1.54, 1.807) is 0 Å². The molecular weight excluding hydrogens is 598 g/mol. The number of carbonyl (C=O) groups excluding carboxylic acids is 3.